The van der Waals surface area contributed by atoms with Crippen LogP contribution in [-0.2, 0) is 4.74 Å². The Morgan fingerprint density at radius 3 is 2.22 bits per heavy atom. The Bertz CT molecular complexity index is 976. The van der Waals surface area contributed by atoms with Gasteiger partial charge in [-0.2, -0.15) is 0 Å². The van der Waals surface area contributed by atoms with Crippen LogP contribution in [0.25, 0.3) is 10.9 Å². The van der Waals surface area contributed by atoms with Crippen molar-refractivity contribution in [2.75, 3.05) is 28.4 Å². The van der Waals surface area contributed by atoms with Gasteiger partial charge in [-0.1, -0.05) is 27.7 Å². The molecule has 3 aromatic rings. The summed E-state index contributed by atoms with van der Waals surface area (Å²) in [7, 11) is 6.04. The molecule has 0 spiro atoms. The number of halogens is 1. The highest BCUT2D eigenvalue weighted by molar-refractivity contribution is 9.10. The molecular weight excluding hydrogens is 434 g/mol. The summed E-state index contributed by atoms with van der Waals surface area (Å²) in [6.07, 6.45) is 0. The zero-order chi connectivity index (χ0) is 19.6. The van der Waals surface area contributed by atoms with E-state index in [2.05, 4.69) is 20.9 Å². The number of carbonyl (C=O) groups is 1. The lowest BCUT2D eigenvalue weighted by Crippen LogP contribution is -2.02. The number of hydrogen-bond donors (Lipinski definition) is 1. The third-order valence-corrected chi connectivity index (χ3v) is 5.55. The molecule has 1 aromatic heterocycles. The number of hydrogen-bond acceptors (Lipinski definition) is 6. The number of aromatic amines is 1. The van der Waals surface area contributed by atoms with E-state index in [0.29, 0.717) is 22.9 Å². The van der Waals surface area contributed by atoms with Crippen molar-refractivity contribution in [1.29, 1.82) is 0 Å². The largest absolute Gasteiger partial charge is 0.493 e. The van der Waals surface area contributed by atoms with E-state index in [1.807, 2.05) is 30.3 Å². The molecule has 0 saturated heterocycles. The first-order valence-corrected chi connectivity index (χ1v) is 9.50. The second-order valence-electron chi connectivity index (χ2n) is 5.47. The van der Waals surface area contributed by atoms with E-state index in [1.54, 1.807) is 21.3 Å². The highest BCUT2D eigenvalue weighted by Crippen LogP contribution is 2.45. The van der Waals surface area contributed by atoms with Gasteiger partial charge in [-0.15, -0.1) is 0 Å². The van der Waals surface area contributed by atoms with Crippen molar-refractivity contribution in [2.24, 2.45) is 0 Å². The SMILES string of the molecule is COC(=O)c1[nH]c2ccc(Br)cc2c1Sc1cc(OC)c(OC)c(OC)c1. The first-order valence-electron chi connectivity index (χ1n) is 7.89. The Balaban J connectivity index is 2.16. The van der Waals surface area contributed by atoms with Gasteiger partial charge < -0.3 is 23.9 Å². The fraction of sp³-hybridized carbons (Fsp3) is 0.211. The van der Waals surface area contributed by atoms with E-state index in [1.165, 1.54) is 18.9 Å². The normalized spacial score (nSPS) is 10.7. The number of ether oxygens (including phenoxy) is 4. The summed E-state index contributed by atoms with van der Waals surface area (Å²) >= 11 is 4.90. The van der Waals surface area contributed by atoms with Crippen LogP contribution in [0.5, 0.6) is 17.2 Å². The minimum absolute atomic E-state index is 0.393. The molecule has 8 heteroatoms. The molecule has 27 heavy (non-hydrogen) atoms. The molecule has 2 aromatic carbocycles. The maximum Gasteiger partial charge on any atom is 0.355 e. The van der Waals surface area contributed by atoms with E-state index in [4.69, 9.17) is 18.9 Å². The lowest BCUT2D eigenvalue weighted by atomic mass is 10.2. The van der Waals surface area contributed by atoms with Gasteiger partial charge in [0.05, 0.1) is 33.3 Å². The topological polar surface area (TPSA) is 69.8 Å². The van der Waals surface area contributed by atoms with Crippen molar-refractivity contribution in [3.8, 4) is 17.2 Å². The summed E-state index contributed by atoms with van der Waals surface area (Å²) in [4.78, 5) is 17.0. The van der Waals surface area contributed by atoms with E-state index >= 15 is 0 Å². The highest BCUT2D eigenvalue weighted by Gasteiger charge is 2.21. The number of benzene rings is 2. The molecule has 3 rings (SSSR count). The monoisotopic (exact) mass is 451 g/mol. The molecule has 6 nitrogen and oxygen atoms in total. The summed E-state index contributed by atoms with van der Waals surface area (Å²) in [6, 6.07) is 9.45. The van der Waals surface area contributed by atoms with Gasteiger partial charge in [-0.25, -0.2) is 4.79 Å². The van der Waals surface area contributed by atoms with Crippen LogP contribution in [0.1, 0.15) is 10.5 Å². The maximum absolute atomic E-state index is 12.3. The number of H-pyrrole nitrogens is 1. The van der Waals surface area contributed by atoms with Gasteiger partial charge in [0.1, 0.15) is 5.69 Å². The van der Waals surface area contributed by atoms with E-state index < -0.39 is 5.97 Å². The highest BCUT2D eigenvalue weighted by atomic mass is 79.9. The fourth-order valence-corrected chi connectivity index (χ4v) is 4.17. The van der Waals surface area contributed by atoms with Crippen LogP contribution in [0.2, 0.25) is 0 Å². The van der Waals surface area contributed by atoms with Gasteiger partial charge in [0.25, 0.3) is 0 Å². The van der Waals surface area contributed by atoms with E-state index in [9.17, 15) is 4.79 Å². The lowest BCUT2D eigenvalue weighted by Gasteiger charge is -2.14. The average molecular weight is 452 g/mol. The molecule has 0 fully saturated rings. The lowest BCUT2D eigenvalue weighted by molar-refractivity contribution is 0.0591. The minimum atomic E-state index is -0.433. The number of fused-ring (bicyclic) bond motifs is 1. The summed E-state index contributed by atoms with van der Waals surface area (Å²) in [5.74, 6) is 1.16. The molecule has 0 bridgehead atoms. The van der Waals surface area contributed by atoms with Crippen LogP contribution in [0.3, 0.4) is 0 Å². The van der Waals surface area contributed by atoms with Gasteiger partial charge in [-0.3, -0.25) is 0 Å². The van der Waals surface area contributed by atoms with Crippen LogP contribution < -0.4 is 14.2 Å². The zero-order valence-corrected chi connectivity index (χ0v) is 17.6. The Kier molecular flexibility index (Phi) is 5.86. The molecule has 0 saturated carbocycles. The van der Waals surface area contributed by atoms with Crippen molar-refractivity contribution < 1.29 is 23.7 Å². The van der Waals surface area contributed by atoms with Gasteiger partial charge >= 0.3 is 5.97 Å². The Labute approximate surface area is 169 Å². The molecule has 0 radical (unpaired) electrons. The standard InChI is InChI=1S/C19H18BrNO5S/c1-23-14-8-11(9-15(24-2)17(14)25-3)27-18-12-7-10(20)5-6-13(12)21-16(18)19(22)26-4/h5-9,21H,1-4H3. The second-order valence-corrected chi connectivity index (χ2v) is 7.47. The predicted molar refractivity (Wildman–Crippen MR) is 108 cm³/mol. The van der Waals surface area contributed by atoms with Crippen molar-refractivity contribution in [2.45, 2.75) is 9.79 Å². The van der Waals surface area contributed by atoms with Crippen LogP contribution in [0.15, 0.2) is 44.6 Å². The number of nitrogens with one attached hydrogen (secondary N) is 1. The van der Waals surface area contributed by atoms with Crippen molar-refractivity contribution >= 4 is 44.6 Å². The summed E-state index contributed by atoms with van der Waals surface area (Å²) in [5, 5.41) is 0.906. The molecule has 0 atom stereocenters. The smallest absolute Gasteiger partial charge is 0.355 e. The Morgan fingerprint density at radius 2 is 1.67 bits per heavy atom. The molecule has 0 unspecified atom stereocenters. The number of rotatable bonds is 6. The summed E-state index contributed by atoms with van der Waals surface area (Å²) < 4.78 is 22.1. The van der Waals surface area contributed by atoms with Crippen LogP contribution in [0, 0.1) is 0 Å². The third-order valence-electron chi connectivity index (χ3n) is 3.96. The molecular formula is C19H18BrNO5S. The third kappa shape index (κ3) is 3.72. The quantitative estimate of drug-likeness (QED) is 0.537. The average Bonchev–Trinajstić information content (AvgIpc) is 3.04. The molecule has 0 aliphatic rings. The van der Waals surface area contributed by atoms with Crippen LogP contribution in [-0.4, -0.2) is 39.4 Å². The van der Waals surface area contributed by atoms with Crippen molar-refractivity contribution in [3.05, 3.63) is 40.5 Å². The second kappa shape index (κ2) is 8.14. The fourth-order valence-electron chi connectivity index (χ4n) is 2.73. The van der Waals surface area contributed by atoms with Gasteiger partial charge in [0, 0.05) is 20.3 Å². The molecule has 1 N–H and O–H groups in total. The number of aromatic nitrogens is 1. The Morgan fingerprint density at radius 1 is 1.00 bits per heavy atom. The first kappa shape index (κ1) is 19.4. The molecule has 0 amide bonds. The minimum Gasteiger partial charge on any atom is -0.493 e. The zero-order valence-electron chi connectivity index (χ0n) is 15.2. The van der Waals surface area contributed by atoms with E-state index in [0.717, 1.165) is 25.2 Å². The van der Waals surface area contributed by atoms with Crippen LogP contribution in [0.4, 0.5) is 0 Å². The van der Waals surface area contributed by atoms with Crippen LogP contribution >= 0.6 is 27.7 Å². The maximum atomic E-state index is 12.3. The first-order chi connectivity index (χ1) is 13.0. The number of carbonyl (C=O) groups excluding carboxylic acids is 1. The molecule has 1 heterocycles. The van der Waals surface area contributed by atoms with Crippen molar-refractivity contribution in [1.82, 2.24) is 4.98 Å². The number of methoxy groups -OCH3 is 4. The predicted octanol–water partition coefficient (Wildman–Crippen LogP) is 4.89. The molecule has 0 aliphatic carbocycles. The molecule has 142 valence electrons. The summed E-state index contributed by atoms with van der Waals surface area (Å²) in [5.41, 5.74) is 1.23. The molecule has 0 aliphatic heterocycles. The van der Waals surface area contributed by atoms with Crippen molar-refractivity contribution in [3.63, 3.8) is 0 Å². The summed E-state index contributed by atoms with van der Waals surface area (Å²) in [6.45, 7) is 0. The van der Waals surface area contributed by atoms with Gasteiger partial charge in [-0.05, 0) is 30.3 Å². The Hall–Kier alpha value is -2.32. The van der Waals surface area contributed by atoms with Gasteiger partial charge in [0.2, 0.25) is 5.75 Å². The van der Waals surface area contributed by atoms with Gasteiger partial charge in [0.15, 0.2) is 11.5 Å². The number of esters is 1. The van der Waals surface area contributed by atoms with E-state index in [-0.39, 0.29) is 0 Å².